The van der Waals surface area contributed by atoms with Crippen molar-refractivity contribution in [3.05, 3.63) is 71.2 Å². The van der Waals surface area contributed by atoms with Crippen molar-refractivity contribution in [2.45, 2.75) is 25.8 Å². The molecule has 0 saturated carbocycles. The maximum absolute atomic E-state index is 12.8. The lowest BCUT2D eigenvalue weighted by Crippen LogP contribution is -2.46. The second kappa shape index (κ2) is 10.4. The minimum Gasteiger partial charge on any atom is -0.497 e. The van der Waals surface area contributed by atoms with Crippen molar-refractivity contribution in [3.8, 4) is 16.3 Å². The van der Waals surface area contributed by atoms with E-state index in [4.69, 9.17) is 4.74 Å². The van der Waals surface area contributed by atoms with Gasteiger partial charge in [-0.2, -0.15) is 0 Å². The Morgan fingerprint density at radius 3 is 2.72 bits per heavy atom. The van der Waals surface area contributed by atoms with E-state index in [9.17, 15) is 9.59 Å². The third kappa shape index (κ3) is 5.53. The fourth-order valence-corrected chi connectivity index (χ4v) is 4.65. The second-order valence-corrected chi connectivity index (χ2v) is 8.76. The number of piperidine rings is 1. The van der Waals surface area contributed by atoms with Gasteiger partial charge in [0.25, 0.3) is 0 Å². The van der Waals surface area contributed by atoms with Crippen molar-refractivity contribution in [3.63, 3.8) is 0 Å². The summed E-state index contributed by atoms with van der Waals surface area (Å²) in [6.07, 6.45) is 1.76. The lowest BCUT2D eigenvalue weighted by molar-refractivity contribution is -0.138. The van der Waals surface area contributed by atoms with E-state index in [0.717, 1.165) is 34.0 Å². The Balaban J connectivity index is 1.28. The van der Waals surface area contributed by atoms with Crippen molar-refractivity contribution in [2.75, 3.05) is 20.2 Å². The van der Waals surface area contributed by atoms with Crippen LogP contribution in [0.1, 0.15) is 24.1 Å². The van der Waals surface area contributed by atoms with Crippen molar-refractivity contribution in [2.24, 2.45) is 5.92 Å². The van der Waals surface area contributed by atoms with Gasteiger partial charge in [-0.05, 0) is 30.5 Å². The molecule has 166 valence electrons. The molecule has 7 heteroatoms. The van der Waals surface area contributed by atoms with E-state index >= 15 is 0 Å². The average Bonchev–Trinajstić information content (AvgIpc) is 3.32. The molecular formula is C25H27N3O3S. The Bertz CT molecular complexity index is 1050. The van der Waals surface area contributed by atoms with Crippen LogP contribution in [-0.2, 0) is 22.6 Å². The predicted molar refractivity (Wildman–Crippen MR) is 125 cm³/mol. The van der Waals surface area contributed by atoms with E-state index in [1.165, 1.54) is 0 Å². The Morgan fingerprint density at radius 1 is 1.19 bits per heavy atom. The van der Waals surface area contributed by atoms with E-state index in [1.54, 1.807) is 18.4 Å². The molecule has 32 heavy (non-hydrogen) atoms. The van der Waals surface area contributed by atoms with Crippen LogP contribution in [0.3, 0.4) is 0 Å². The largest absolute Gasteiger partial charge is 0.497 e. The smallest absolute Gasteiger partial charge is 0.225 e. The van der Waals surface area contributed by atoms with Crippen LogP contribution in [0.15, 0.2) is 60.0 Å². The van der Waals surface area contributed by atoms with Gasteiger partial charge in [-0.25, -0.2) is 4.98 Å². The summed E-state index contributed by atoms with van der Waals surface area (Å²) in [4.78, 5) is 31.6. The van der Waals surface area contributed by atoms with E-state index in [1.807, 2.05) is 64.9 Å². The van der Waals surface area contributed by atoms with Gasteiger partial charge in [0, 0.05) is 30.5 Å². The summed E-state index contributed by atoms with van der Waals surface area (Å²) in [7, 11) is 1.64. The van der Waals surface area contributed by atoms with Crippen LogP contribution in [0.5, 0.6) is 5.75 Å². The van der Waals surface area contributed by atoms with E-state index in [-0.39, 0.29) is 17.7 Å². The zero-order chi connectivity index (χ0) is 22.3. The molecule has 1 atom stereocenters. The molecule has 0 spiro atoms. The quantitative estimate of drug-likeness (QED) is 0.566. The number of rotatable bonds is 8. The summed E-state index contributed by atoms with van der Waals surface area (Å²) in [5.74, 6) is 0.738. The maximum atomic E-state index is 12.8. The molecule has 1 saturated heterocycles. The molecule has 3 aromatic rings. The van der Waals surface area contributed by atoms with Gasteiger partial charge in [0.15, 0.2) is 0 Å². The Morgan fingerprint density at radius 2 is 1.97 bits per heavy atom. The SMILES string of the molecule is COc1ccc(CCN2CC(C(=O)NCc3csc(-c4ccccc4)n3)CCC2=O)cc1. The molecule has 1 aromatic heterocycles. The van der Waals surface area contributed by atoms with Gasteiger partial charge >= 0.3 is 0 Å². The highest BCUT2D eigenvalue weighted by Gasteiger charge is 2.30. The summed E-state index contributed by atoms with van der Waals surface area (Å²) in [6, 6.07) is 17.9. The van der Waals surface area contributed by atoms with Gasteiger partial charge in [0.05, 0.1) is 25.3 Å². The van der Waals surface area contributed by atoms with E-state index in [0.29, 0.717) is 32.5 Å². The number of ether oxygens (including phenoxy) is 1. The fraction of sp³-hybridized carbons (Fsp3) is 0.320. The van der Waals surface area contributed by atoms with Crippen LogP contribution in [-0.4, -0.2) is 41.9 Å². The Kier molecular flexibility index (Phi) is 7.17. The van der Waals surface area contributed by atoms with Crippen molar-refractivity contribution >= 4 is 23.2 Å². The summed E-state index contributed by atoms with van der Waals surface area (Å²) in [5, 5.41) is 5.94. The number of methoxy groups -OCH3 is 1. The van der Waals surface area contributed by atoms with Gasteiger partial charge < -0.3 is 15.0 Å². The van der Waals surface area contributed by atoms with Crippen LogP contribution >= 0.6 is 11.3 Å². The minimum atomic E-state index is -0.184. The number of carbonyl (C=O) groups is 2. The van der Waals surface area contributed by atoms with Crippen LogP contribution in [0.25, 0.3) is 10.6 Å². The number of nitrogens with one attached hydrogen (secondary N) is 1. The zero-order valence-electron chi connectivity index (χ0n) is 18.1. The number of hydrogen-bond acceptors (Lipinski definition) is 5. The Labute approximate surface area is 192 Å². The molecule has 1 N–H and O–H groups in total. The van der Waals surface area contributed by atoms with E-state index in [2.05, 4.69) is 10.3 Å². The van der Waals surface area contributed by atoms with Crippen LogP contribution in [0.4, 0.5) is 0 Å². The van der Waals surface area contributed by atoms with Crippen molar-refractivity contribution in [1.82, 2.24) is 15.2 Å². The number of benzene rings is 2. The second-order valence-electron chi connectivity index (χ2n) is 7.90. The number of aromatic nitrogens is 1. The number of likely N-dealkylation sites (tertiary alicyclic amines) is 1. The van der Waals surface area contributed by atoms with Crippen molar-refractivity contribution < 1.29 is 14.3 Å². The maximum Gasteiger partial charge on any atom is 0.225 e. The first-order chi connectivity index (χ1) is 15.6. The third-order valence-electron chi connectivity index (χ3n) is 5.72. The molecule has 0 radical (unpaired) electrons. The van der Waals surface area contributed by atoms with Crippen molar-refractivity contribution in [1.29, 1.82) is 0 Å². The number of amides is 2. The molecule has 1 fully saturated rings. The summed E-state index contributed by atoms with van der Waals surface area (Å²) >= 11 is 1.57. The monoisotopic (exact) mass is 449 g/mol. The van der Waals surface area contributed by atoms with Gasteiger partial charge in [0.2, 0.25) is 11.8 Å². The van der Waals surface area contributed by atoms with Crippen LogP contribution in [0, 0.1) is 5.92 Å². The first kappa shape index (κ1) is 22.0. The fourth-order valence-electron chi connectivity index (χ4n) is 3.82. The molecular weight excluding hydrogens is 422 g/mol. The molecule has 4 rings (SSSR count). The van der Waals surface area contributed by atoms with Gasteiger partial charge in [-0.1, -0.05) is 42.5 Å². The molecule has 1 aliphatic heterocycles. The topological polar surface area (TPSA) is 71.5 Å². The normalized spacial score (nSPS) is 16.1. The summed E-state index contributed by atoms with van der Waals surface area (Å²) < 4.78 is 5.19. The highest BCUT2D eigenvalue weighted by molar-refractivity contribution is 7.13. The molecule has 2 amide bonds. The zero-order valence-corrected chi connectivity index (χ0v) is 18.9. The molecule has 0 bridgehead atoms. The molecule has 6 nitrogen and oxygen atoms in total. The number of hydrogen-bond donors (Lipinski definition) is 1. The average molecular weight is 450 g/mol. The standard InChI is InChI=1S/C25H27N3O3S/c1-31-22-10-7-18(8-11-22)13-14-28-16-20(9-12-23(28)29)24(30)26-15-21-17-32-25(27-21)19-5-3-2-4-6-19/h2-8,10-11,17,20H,9,12-16H2,1H3,(H,26,30). The van der Waals surface area contributed by atoms with Crippen LogP contribution in [0.2, 0.25) is 0 Å². The van der Waals surface area contributed by atoms with Gasteiger partial charge in [-0.15, -0.1) is 11.3 Å². The molecule has 1 aliphatic rings. The highest BCUT2D eigenvalue weighted by Crippen LogP contribution is 2.24. The van der Waals surface area contributed by atoms with Crippen LogP contribution < -0.4 is 10.1 Å². The highest BCUT2D eigenvalue weighted by atomic mass is 32.1. The molecule has 2 aromatic carbocycles. The molecule has 1 unspecified atom stereocenters. The first-order valence-corrected chi connectivity index (χ1v) is 11.7. The third-order valence-corrected chi connectivity index (χ3v) is 6.66. The summed E-state index contributed by atoms with van der Waals surface area (Å²) in [5.41, 5.74) is 3.07. The first-order valence-electron chi connectivity index (χ1n) is 10.8. The number of nitrogens with zero attached hydrogens (tertiary/aromatic N) is 2. The molecule has 2 heterocycles. The van der Waals surface area contributed by atoms with Gasteiger partial charge in [-0.3, -0.25) is 9.59 Å². The molecule has 0 aliphatic carbocycles. The van der Waals surface area contributed by atoms with Gasteiger partial charge in [0.1, 0.15) is 10.8 Å². The number of carbonyl (C=O) groups excluding carboxylic acids is 2. The summed E-state index contributed by atoms with van der Waals surface area (Å²) in [6.45, 7) is 1.48. The number of thiazole rings is 1. The Hall–Kier alpha value is -3.19. The lowest BCUT2D eigenvalue weighted by atomic mass is 9.96. The predicted octanol–water partition coefficient (Wildman–Crippen LogP) is 3.92. The lowest BCUT2D eigenvalue weighted by Gasteiger charge is -2.32. The van der Waals surface area contributed by atoms with E-state index < -0.39 is 0 Å². The minimum absolute atomic E-state index is 0.0128.